The molecule has 0 spiro atoms. The first-order chi connectivity index (χ1) is 9.16. The minimum atomic E-state index is -1.24. The lowest BCUT2D eigenvalue weighted by molar-refractivity contribution is 0.0651. The molecule has 0 aliphatic carbocycles. The van der Waals surface area contributed by atoms with Gasteiger partial charge in [-0.05, 0) is 25.9 Å². The molecule has 7 heteroatoms. The molecule has 1 aliphatic heterocycles. The van der Waals surface area contributed by atoms with Gasteiger partial charge >= 0.3 is 5.97 Å². The lowest BCUT2D eigenvalue weighted by Gasteiger charge is -2.26. The Morgan fingerprint density at radius 3 is 2.74 bits per heavy atom. The topological polar surface area (TPSA) is 95.7 Å². The fraction of sp³-hybridized carbons (Fsp3) is 0.583. The standard InChI is InChI=1S/C12H17N3O4/c16-11(9-8-10(12(17)18)19-14-9)13-4-7-15-5-2-1-3-6-15/h8H,1-7H2,(H,13,16)(H,17,18). The summed E-state index contributed by atoms with van der Waals surface area (Å²) in [6.45, 7) is 3.47. The van der Waals surface area contributed by atoms with Gasteiger partial charge < -0.3 is 19.8 Å². The third kappa shape index (κ3) is 3.78. The molecule has 1 fully saturated rings. The van der Waals surface area contributed by atoms with E-state index >= 15 is 0 Å². The summed E-state index contributed by atoms with van der Waals surface area (Å²) in [5.74, 6) is -1.98. The number of amides is 1. The van der Waals surface area contributed by atoms with E-state index in [1.807, 2.05) is 0 Å². The van der Waals surface area contributed by atoms with Gasteiger partial charge in [0.05, 0.1) is 0 Å². The number of likely N-dealkylation sites (tertiary alicyclic amines) is 1. The zero-order valence-electron chi connectivity index (χ0n) is 10.6. The summed E-state index contributed by atoms with van der Waals surface area (Å²) in [5, 5.41) is 14.8. The van der Waals surface area contributed by atoms with E-state index in [-0.39, 0.29) is 11.5 Å². The molecule has 1 amide bonds. The molecule has 1 saturated heterocycles. The lowest BCUT2D eigenvalue weighted by atomic mass is 10.1. The first kappa shape index (κ1) is 13.5. The van der Waals surface area contributed by atoms with Crippen LogP contribution in [0.1, 0.15) is 40.3 Å². The second-order valence-corrected chi connectivity index (χ2v) is 4.54. The second kappa shape index (κ2) is 6.33. The number of carboxylic acids is 1. The van der Waals surface area contributed by atoms with Crippen LogP contribution in [0, 0.1) is 0 Å². The third-order valence-corrected chi connectivity index (χ3v) is 3.12. The fourth-order valence-corrected chi connectivity index (χ4v) is 2.08. The van der Waals surface area contributed by atoms with Crippen LogP contribution >= 0.6 is 0 Å². The Morgan fingerprint density at radius 2 is 2.11 bits per heavy atom. The van der Waals surface area contributed by atoms with Gasteiger partial charge in [0.2, 0.25) is 5.76 Å². The highest BCUT2D eigenvalue weighted by Gasteiger charge is 2.16. The highest BCUT2D eigenvalue weighted by molar-refractivity contribution is 5.94. The molecule has 0 saturated carbocycles. The molecule has 1 aromatic heterocycles. The SMILES string of the molecule is O=C(NCCN1CCCCC1)c1cc(C(=O)O)on1. The molecule has 19 heavy (non-hydrogen) atoms. The van der Waals surface area contributed by atoms with Crippen LogP contribution < -0.4 is 5.32 Å². The Hall–Kier alpha value is -1.89. The van der Waals surface area contributed by atoms with Crippen molar-refractivity contribution < 1.29 is 19.2 Å². The van der Waals surface area contributed by atoms with Gasteiger partial charge in [-0.2, -0.15) is 0 Å². The summed E-state index contributed by atoms with van der Waals surface area (Å²) in [4.78, 5) is 24.6. The largest absolute Gasteiger partial charge is 0.475 e. The van der Waals surface area contributed by atoms with E-state index in [1.54, 1.807) is 0 Å². The highest BCUT2D eigenvalue weighted by Crippen LogP contribution is 2.07. The van der Waals surface area contributed by atoms with E-state index < -0.39 is 11.9 Å². The molecular formula is C12H17N3O4. The van der Waals surface area contributed by atoms with E-state index in [9.17, 15) is 9.59 Å². The number of carbonyl (C=O) groups excluding carboxylic acids is 1. The van der Waals surface area contributed by atoms with Crippen molar-refractivity contribution in [2.75, 3.05) is 26.2 Å². The predicted molar refractivity (Wildman–Crippen MR) is 66.1 cm³/mol. The number of carboxylic acid groups (broad SMARTS) is 1. The summed E-state index contributed by atoms with van der Waals surface area (Å²) in [6, 6.07) is 1.12. The monoisotopic (exact) mass is 267 g/mol. The fourth-order valence-electron chi connectivity index (χ4n) is 2.08. The van der Waals surface area contributed by atoms with Crippen LogP contribution in [-0.2, 0) is 0 Å². The van der Waals surface area contributed by atoms with Crippen molar-refractivity contribution in [2.24, 2.45) is 0 Å². The molecule has 0 atom stereocenters. The molecule has 0 radical (unpaired) electrons. The number of aromatic nitrogens is 1. The summed E-state index contributed by atoms with van der Waals surface area (Å²) < 4.78 is 4.52. The summed E-state index contributed by atoms with van der Waals surface area (Å²) >= 11 is 0. The van der Waals surface area contributed by atoms with Gasteiger partial charge in [0.15, 0.2) is 5.69 Å². The number of nitrogens with zero attached hydrogens (tertiary/aromatic N) is 2. The summed E-state index contributed by atoms with van der Waals surface area (Å²) in [5.41, 5.74) is -0.00366. The molecule has 0 unspecified atom stereocenters. The first-order valence-corrected chi connectivity index (χ1v) is 6.37. The van der Waals surface area contributed by atoms with Crippen LogP contribution in [-0.4, -0.2) is 53.2 Å². The maximum atomic E-state index is 11.7. The quantitative estimate of drug-likeness (QED) is 0.810. The van der Waals surface area contributed by atoms with Crippen LogP contribution in [0.15, 0.2) is 10.6 Å². The van der Waals surface area contributed by atoms with Crippen LogP contribution in [0.2, 0.25) is 0 Å². The van der Waals surface area contributed by atoms with Gasteiger partial charge in [-0.25, -0.2) is 4.79 Å². The van der Waals surface area contributed by atoms with Crippen molar-refractivity contribution in [1.29, 1.82) is 0 Å². The van der Waals surface area contributed by atoms with Crippen LogP contribution in [0.3, 0.4) is 0 Å². The molecular weight excluding hydrogens is 250 g/mol. The predicted octanol–water partition coefficient (Wildman–Crippen LogP) is 0.588. The minimum Gasteiger partial charge on any atom is -0.475 e. The number of carbonyl (C=O) groups is 2. The number of aromatic carboxylic acids is 1. The number of piperidine rings is 1. The normalized spacial score (nSPS) is 16.2. The molecule has 2 rings (SSSR count). The van der Waals surface area contributed by atoms with Crippen molar-refractivity contribution in [3.63, 3.8) is 0 Å². The van der Waals surface area contributed by atoms with E-state index in [1.165, 1.54) is 19.3 Å². The molecule has 0 bridgehead atoms. The zero-order chi connectivity index (χ0) is 13.7. The third-order valence-electron chi connectivity index (χ3n) is 3.12. The zero-order valence-corrected chi connectivity index (χ0v) is 10.6. The van der Waals surface area contributed by atoms with Crippen LogP contribution in [0.25, 0.3) is 0 Å². The van der Waals surface area contributed by atoms with E-state index in [4.69, 9.17) is 5.11 Å². The van der Waals surface area contributed by atoms with E-state index in [0.717, 1.165) is 25.7 Å². The van der Waals surface area contributed by atoms with Crippen molar-refractivity contribution in [3.05, 3.63) is 17.5 Å². The molecule has 7 nitrogen and oxygen atoms in total. The Kier molecular flexibility index (Phi) is 4.51. The smallest absolute Gasteiger partial charge is 0.374 e. The van der Waals surface area contributed by atoms with Crippen LogP contribution in [0.4, 0.5) is 0 Å². The van der Waals surface area contributed by atoms with E-state index in [2.05, 4.69) is 19.9 Å². The van der Waals surface area contributed by atoms with E-state index in [0.29, 0.717) is 6.54 Å². The molecule has 0 aromatic carbocycles. The van der Waals surface area contributed by atoms with Crippen LogP contribution in [0.5, 0.6) is 0 Å². The summed E-state index contributed by atoms with van der Waals surface area (Å²) in [6.07, 6.45) is 3.69. The second-order valence-electron chi connectivity index (χ2n) is 4.54. The highest BCUT2D eigenvalue weighted by atomic mass is 16.5. The lowest BCUT2D eigenvalue weighted by Crippen LogP contribution is -2.37. The number of rotatable bonds is 5. The van der Waals surface area contributed by atoms with Crippen molar-refractivity contribution in [3.8, 4) is 0 Å². The molecule has 104 valence electrons. The van der Waals surface area contributed by atoms with Gasteiger partial charge in [-0.3, -0.25) is 4.79 Å². The average molecular weight is 267 g/mol. The van der Waals surface area contributed by atoms with Crippen molar-refractivity contribution in [1.82, 2.24) is 15.4 Å². The number of nitrogens with one attached hydrogen (secondary N) is 1. The number of hydrogen-bond acceptors (Lipinski definition) is 5. The minimum absolute atomic E-state index is 0.00366. The van der Waals surface area contributed by atoms with Crippen molar-refractivity contribution in [2.45, 2.75) is 19.3 Å². The molecule has 2 heterocycles. The summed E-state index contributed by atoms with van der Waals surface area (Å²) in [7, 11) is 0. The Balaban J connectivity index is 1.75. The van der Waals surface area contributed by atoms with Crippen molar-refractivity contribution >= 4 is 11.9 Å². The maximum Gasteiger partial charge on any atom is 0.374 e. The van der Waals surface area contributed by atoms with Gasteiger partial charge in [0, 0.05) is 19.2 Å². The first-order valence-electron chi connectivity index (χ1n) is 6.37. The maximum absolute atomic E-state index is 11.7. The Bertz CT molecular complexity index is 452. The average Bonchev–Trinajstić information content (AvgIpc) is 2.89. The number of hydrogen-bond donors (Lipinski definition) is 2. The van der Waals surface area contributed by atoms with Gasteiger partial charge in [0.1, 0.15) is 0 Å². The van der Waals surface area contributed by atoms with Gasteiger partial charge in [-0.1, -0.05) is 11.6 Å². The molecule has 1 aliphatic rings. The van der Waals surface area contributed by atoms with Gasteiger partial charge in [0.25, 0.3) is 5.91 Å². The Morgan fingerprint density at radius 1 is 1.37 bits per heavy atom. The molecule has 1 aromatic rings. The van der Waals surface area contributed by atoms with Gasteiger partial charge in [-0.15, -0.1) is 0 Å². The molecule has 2 N–H and O–H groups in total. The Labute approximate surface area is 110 Å².